The number of benzene rings is 2. The average molecular weight is 470 g/mol. The molecule has 0 saturated carbocycles. The summed E-state index contributed by atoms with van der Waals surface area (Å²) in [6.45, 7) is 6.39. The van der Waals surface area contributed by atoms with Crippen LogP contribution < -0.4 is 10.1 Å². The van der Waals surface area contributed by atoms with E-state index in [4.69, 9.17) is 4.74 Å². The molecule has 1 N–H and O–H groups in total. The second kappa shape index (κ2) is 10.8. The summed E-state index contributed by atoms with van der Waals surface area (Å²) in [5.74, 6) is 1.31. The van der Waals surface area contributed by atoms with Crippen molar-refractivity contribution < 1.29 is 9.53 Å². The normalized spacial score (nSPS) is 14.4. The van der Waals surface area contributed by atoms with Crippen molar-refractivity contribution >= 4 is 39.8 Å². The SMILES string of the molecule is COc1cccc(Nc2nnc(SCC(=O)N3CCN(Cc4cccc(C)c4)CC3)s2)c1. The second-order valence-corrected chi connectivity index (χ2v) is 9.86. The fourth-order valence-electron chi connectivity index (χ4n) is 3.58. The minimum atomic E-state index is 0.155. The van der Waals surface area contributed by atoms with Crippen molar-refractivity contribution in [3.05, 3.63) is 59.7 Å². The van der Waals surface area contributed by atoms with Crippen LogP contribution in [0.15, 0.2) is 52.9 Å². The summed E-state index contributed by atoms with van der Waals surface area (Å²) < 4.78 is 6.02. The summed E-state index contributed by atoms with van der Waals surface area (Å²) in [5.41, 5.74) is 3.50. The molecule has 3 aromatic rings. The summed E-state index contributed by atoms with van der Waals surface area (Å²) in [6.07, 6.45) is 0. The van der Waals surface area contributed by atoms with E-state index in [-0.39, 0.29) is 5.91 Å². The molecule has 1 aliphatic heterocycles. The zero-order valence-corrected chi connectivity index (χ0v) is 19.9. The summed E-state index contributed by atoms with van der Waals surface area (Å²) in [6, 6.07) is 16.3. The number of methoxy groups -OCH3 is 1. The minimum Gasteiger partial charge on any atom is -0.497 e. The van der Waals surface area contributed by atoms with Crippen LogP contribution in [0.4, 0.5) is 10.8 Å². The maximum absolute atomic E-state index is 12.7. The van der Waals surface area contributed by atoms with Gasteiger partial charge >= 0.3 is 0 Å². The molecule has 32 heavy (non-hydrogen) atoms. The number of rotatable bonds is 8. The number of carbonyl (C=O) groups is 1. The molecule has 1 aromatic heterocycles. The largest absolute Gasteiger partial charge is 0.497 e. The molecule has 0 spiro atoms. The standard InChI is InChI=1S/C23H27N5O2S2/c1-17-5-3-6-18(13-17)15-27-9-11-28(12-10-27)21(29)16-31-23-26-25-22(32-23)24-19-7-4-8-20(14-19)30-2/h3-8,13-14H,9-12,15-16H2,1-2H3,(H,24,25). The lowest BCUT2D eigenvalue weighted by atomic mass is 10.1. The third-order valence-corrected chi connectivity index (χ3v) is 7.22. The Morgan fingerprint density at radius 3 is 2.72 bits per heavy atom. The van der Waals surface area contributed by atoms with Crippen molar-refractivity contribution in [3.8, 4) is 5.75 Å². The highest BCUT2D eigenvalue weighted by molar-refractivity contribution is 8.01. The van der Waals surface area contributed by atoms with Crippen LogP contribution in [0.2, 0.25) is 0 Å². The lowest BCUT2D eigenvalue weighted by Gasteiger charge is -2.34. The van der Waals surface area contributed by atoms with Crippen molar-refractivity contribution in [2.75, 3.05) is 44.4 Å². The Balaban J connectivity index is 1.21. The van der Waals surface area contributed by atoms with Crippen LogP contribution in [0, 0.1) is 6.92 Å². The number of amides is 1. The third kappa shape index (κ3) is 6.21. The van der Waals surface area contributed by atoms with Gasteiger partial charge in [-0.2, -0.15) is 0 Å². The number of ether oxygens (including phenoxy) is 1. The van der Waals surface area contributed by atoms with E-state index in [0.29, 0.717) is 10.9 Å². The Bertz CT molecular complexity index is 1050. The summed E-state index contributed by atoms with van der Waals surface area (Å²) in [7, 11) is 1.64. The number of thioether (sulfide) groups is 1. The van der Waals surface area contributed by atoms with Crippen molar-refractivity contribution in [3.63, 3.8) is 0 Å². The van der Waals surface area contributed by atoms with Crippen molar-refractivity contribution in [2.24, 2.45) is 0 Å². The molecule has 168 valence electrons. The van der Waals surface area contributed by atoms with Gasteiger partial charge in [-0.15, -0.1) is 10.2 Å². The molecule has 1 fully saturated rings. The van der Waals surface area contributed by atoms with Gasteiger partial charge in [0.1, 0.15) is 5.75 Å². The van der Waals surface area contributed by atoms with Gasteiger partial charge in [-0.25, -0.2) is 0 Å². The van der Waals surface area contributed by atoms with Crippen LogP contribution in [-0.2, 0) is 11.3 Å². The minimum absolute atomic E-state index is 0.155. The summed E-state index contributed by atoms with van der Waals surface area (Å²) >= 11 is 2.88. The van der Waals surface area contributed by atoms with Crippen molar-refractivity contribution in [2.45, 2.75) is 17.8 Å². The van der Waals surface area contributed by atoms with Crippen LogP contribution in [0.25, 0.3) is 0 Å². The monoisotopic (exact) mass is 469 g/mol. The predicted octanol–water partition coefficient (Wildman–Crippen LogP) is 4.04. The zero-order valence-electron chi connectivity index (χ0n) is 18.3. The molecule has 1 saturated heterocycles. The highest BCUT2D eigenvalue weighted by Crippen LogP contribution is 2.29. The molecule has 0 atom stereocenters. The molecule has 2 aromatic carbocycles. The van der Waals surface area contributed by atoms with Gasteiger partial charge in [-0.05, 0) is 24.6 Å². The Morgan fingerprint density at radius 2 is 1.94 bits per heavy atom. The average Bonchev–Trinajstić information content (AvgIpc) is 3.25. The van der Waals surface area contributed by atoms with Gasteiger partial charge in [-0.3, -0.25) is 9.69 Å². The quantitative estimate of drug-likeness (QED) is 0.499. The van der Waals surface area contributed by atoms with Gasteiger partial charge < -0.3 is 15.0 Å². The van der Waals surface area contributed by atoms with Gasteiger partial charge in [0, 0.05) is 44.5 Å². The zero-order chi connectivity index (χ0) is 22.3. The number of carbonyl (C=O) groups excluding carboxylic acids is 1. The van der Waals surface area contributed by atoms with E-state index in [2.05, 4.69) is 51.6 Å². The molecule has 9 heteroatoms. The van der Waals surface area contributed by atoms with E-state index in [9.17, 15) is 4.79 Å². The van der Waals surface area contributed by atoms with Crippen LogP contribution >= 0.6 is 23.1 Å². The molecule has 4 rings (SSSR count). The van der Waals surface area contributed by atoms with Crippen molar-refractivity contribution in [1.82, 2.24) is 20.0 Å². The number of piperazine rings is 1. The van der Waals surface area contributed by atoms with Gasteiger partial charge in [-0.1, -0.05) is 59.0 Å². The Morgan fingerprint density at radius 1 is 1.12 bits per heavy atom. The second-order valence-electron chi connectivity index (χ2n) is 7.66. The van der Waals surface area contributed by atoms with Gasteiger partial charge in [0.25, 0.3) is 0 Å². The van der Waals surface area contributed by atoms with E-state index >= 15 is 0 Å². The fourth-order valence-corrected chi connectivity index (χ4v) is 5.26. The maximum atomic E-state index is 12.7. The smallest absolute Gasteiger partial charge is 0.233 e. The van der Waals surface area contributed by atoms with Crippen molar-refractivity contribution in [1.29, 1.82) is 0 Å². The summed E-state index contributed by atoms with van der Waals surface area (Å²) in [4.78, 5) is 17.0. The maximum Gasteiger partial charge on any atom is 0.233 e. The van der Waals surface area contributed by atoms with E-state index in [1.165, 1.54) is 34.2 Å². The lowest BCUT2D eigenvalue weighted by Crippen LogP contribution is -2.48. The van der Waals surface area contributed by atoms with E-state index in [0.717, 1.165) is 48.5 Å². The molecular formula is C23H27N5O2S2. The molecule has 7 nitrogen and oxygen atoms in total. The highest BCUT2D eigenvalue weighted by atomic mass is 32.2. The third-order valence-electron chi connectivity index (χ3n) is 5.26. The van der Waals surface area contributed by atoms with Crippen LogP contribution in [0.1, 0.15) is 11.1 Å². The molecule has 0 bridgehead atoms. The van der Waals surface area contributed by atoms with E-state index in [1.54, 1.807) is 7.11 Å². The molecular weight excluding hydrogens is 442 g/mol. The molecule has 0 unspecified atom stereocenters. The van der Waals surface area contributed by atoms with Crippen LogP contribution in [0.3, 0.4) is 0 Å². The summed E-state index contributed by atoms with van der Waals surface area (Å²) in [5, 5.41) is 12.3. The number of nitrogens with zero attached hydrogens (tertiary/aromatic N) is 4. The Hall–Kier alpha value is -2.62. The fraction of sp³-hybridized carbons (Fsp3) is 0.348. The lowest BCUT2D eigenvalue weighted by molar-refractivity contribution is -0.130. The van der Waals surface area contributed by atoms with Gasteiger partial charge in [0.2, 0.25) is 11.0 Å². The number of anilines is 2. The van der Waals surface area contributed by atoms with Crippen LogP contribution in [-0.4, -0.2) is 64.9 Å². The number of hydrogen-bond acceptors (Lipinski definition) is 8. The first-order valence-corrected chi connectivity index (χ1v) is 12.3. The molecule has 0 aliphatic carbocycles. The Kier molecular flexibility index (Phi) is 7.62. The number of hydrogen-bond donors (Lipinski definition) is 1. The topological polar surface area (TPSA) is 70.6 Å². The first-order valence-electron chi connectivity index (χ1n) is 10.5. The molecule has 1 aliphatic rings. The Labute approximate surface area is 196 Å². The van der Waals surface area contributed by atoms with E-state index in [1.807, 2.05) is 29.2 Å². The number of nitrogens with one attached hydrogen (secondary N) is 1. The molecule has 1 amide bonds. The predicted molar refractivity (Wildman–Crippen MR) is 130 cm³/mol. The first kappa shape index (κ1) is 22.6. The van der Waals surface area contributed by atoms with Crippen LogP contribution in [0.5, 0.6) is 5.75 Å². The van der Waals surface area contributed by atoms with Gasteiger partial charge in [0.15, 0.2) is 4.34 Å². The molecule has 2 heterocycles. The highest BCUT2D eigenvalue weighted by Gasteiger charge is 2.21. The van der Waals surface area contributed by atoms with E-state index < -0.39 is 0 Å². The first-order chi connectivity index (χ1) is 15.6. The number of aryl methyl sites for hydroxylation is 1. The number of aromatic nitrogens is 2. The van der Waals surface area contributed by atoms with Gasteiger partial charge in [0.05, 0.1) is 12.9 Å². The molecule has 0 radical (unpaired) electrons.